The molecule has 0 spiro atoms. The largest absolute Gasteiger partial charge is 0.481 e. The van der Waals surface area contributed by atoms with E-state index < -0.39 is 21.4 Å². The lowest BCUT2D eigenvalue weighted by Crippen LogP contribution is -2.43. The molecule has 0 aliphatic heterocycles. The predicted octanol–water partition coefficient (Wildman–Crippen LogP) is 0.826. The highest BCUT2D eigenvalue weighted by Crippen LogP contribution is 2.43. The monoisotopic (exact) mass is 301 g/mol. The molecule has 0 aromatic carbocycles. The average molecular weight is 301 g/mol. The Morgan fingerprint density at radius 3 is 2.70 bits per heavy atom. The van der Waals surface area contributed by atoms with Gasteiger partial charge in [-0.05, 0) is 25.2 Å². The van der Waals surface area contributed by atoms with Gasteiger partial charge in [0.05, 0.1) is 12.7 Å². The fourth-order valence-corrected chi connectivity index (χ4v) is 3.49. The van der Waals surface area contributed by atoms with Gasteiger partial charge < -0.3 is 9.67 Å². The van der Waals surface area contributed by atoms with Crippen molar-refractivity contribution in [2.45, 2.75) is 44.2 Å². The minimum atomic E-state index is -3.67. The molecule has 1 aromatic heterocycles. The van der Waals surface area contributed by atoms with Gasteiger partial charge >= 0.3 is 5.97 Å². The quantitative estimate of drug-likeness (QED) is 0.776. The van der Waals surface area contributed by atoms with Gasteiger partial charge in [-0.1, -0.05) is 6.42 Å². The molecule has 0 unspecified atom stereocenters. The van der Waals surface area contributed by atoms with E-state index in [9.17, 15) is 13.2 Å². The number of sulfonamides is 1. The number of nitrogens with one attached hydrogen (secondary N) is 1. The van der Waals surface area contributed by atoms with Crippen LogP contribution in [-0.4, -0.2) is 35.6 Å². The Morgan fingerprint density at radius 2 is 2.25 bits per heavy atom. The standard InChI is InChI=1S/C12H19N3O4S/c1-2-15-7-10(13-9-15)20(18,19)14-8-12(4-3-5-12)6-11(16)17/h7,9,14H,2-6,8H2,1H3,(H,16,17). The number of carboxylic acid groups (broad SMARTS) is 1. The minimum absolute atomic E-state index is 0.00107. The summed E-state index contributed by atoms with van der Waals surface area (Å²) < 4.78 is 28.4. The molecule has 1 fully saturated rings. The molecular formula is C12H19N3O4S. The van der Waals surface area contributed by atoms with Gasteiger partial charge in [-0.2, -0.15) is 0 Å². The summed E-state index contributed by atoms with van der Waals surface area (Å²) in [4.78, 5) is 14.7. The maximum absolute atomic E-state index is 12.1. The van der Waals surface area contributed by atoms with E-state index in [4.69, 9.17) is 5.11 Å². The Balaban J connectivity index is 2.03. The van der Waals surface area contributed by atoms with Crippen molar-refractivity contribution >= 4 is 16.0 Å². The molecule has 2 rings (SSSR count). The number of carbonyl (C=O) groups is 1. The summed E-state index contributed by atoms with van der Waals surface area (Å²) in [6, 6.07) is 0. The molecule has 20 heavy (non-hydrogen) atoms. The van der Waals surface area contributed by atoms with Crippen molar-refractivity contribution in [3.63, 3.8) is 0 Å². The molecule has 0 amide bonds. The van der Waals surface area contributed by atoms with E-state index in [-0.39, 0.29) is 18.0 Å². The number of carboxylic acids is 1. The number of hydrogen-bond donors (Lipinski definition) is 2. The van der Waals surface area contributed by atoms with Gasteiger partial charge in [0.25, 0.3) is 10.0 Å². The van der Waals surface area contributed by atoms with Crippen molar-refractivity contribution < 1.29 is 18.3 Å². The van der Waals surface area contributed by atoms with Crippen LogP contribution in [0, 0.1) is 5.41 Å². The summed E-state index contributed by atoms with van der Waals surface area (Å²) in [5, 5.41) is 8.88. The molecule has 1 saturated carbocycles. The first-order chi connectivity index (χ1) is 9.37. The highest BCUT2D eigenvalue weighted by molar-refractivity contribution is 7.89. The number of hydrogen-bond acceptors (Lipinski definition) is 4. The van der Waals surface area contributed by atoms with Crippen molar-refractivity contribution in [1.29, 1.82) is 0 Å². The summed E-state index contributed by atoms with van der Waals surface area (Å²) in [6.07, 6.45) is 5.35. The third-order valence-corrected chi connectivity index (χ3v) is 5.11. The van der Waals surface area contributed by atoms with Crippen LogP contribution in [0.1, 0.15) is 32.6 Å². The van der Waals surface area contributed by atoms with Crippen LogP contribution < -0.4 is 4.72 Å². The van der Waals surface area contributed by atoms with Crippen LogP contribution in [0.15, 0.2) is 17.6 Å². The summed E-state index contributed by atoms with van der Waals surface area (Å²) in [6.45, 7) is 2.69. The Morgan fingerprint density at radius 1 is 1.55 bits per heavy atom. The normalized spacial score (nSPS) is 17.6. The number of aryl methyl sites for hydroxylation is 1. The van der Waals surface area contributed by atoms with Gasteiger partial charge in [0.2, 0.25) is 0 Å². The molecule has 1 aliphatic carbocycles. The Labute approximate surface area is 118 Å². The first-order valence-corrected chi connectivity index (χ1v) is 8.08. The Kier molecular flexibility index (Phi) is 4.14. The van der Waals surface area contributed by atoms with Crippen molar-refractivity contribution in [2.24, 2.45) is 5.41 Å². The molecule has 0 atom stereocenters. The van der Waals surface area contributed by atoms with Gasteiger partial charge in [-0.15, -0.1) is 0 Å². The van der Waals surface area contributed by atoms with Crippen LogP contribution in [0.25, 0.3) is 0 Å². The summed E-state index contributed by atoms with van der Waals surface area (Å²) in [7, 11) is -3.67. The third-order valence-electron chi connectivity index (χ3n) is 3.83. The Bertz CT molecular complexity index is 590. The molecule has 8 heteroatoms. The number of nitrogens with zero attached hydrogens (tertiary/aromatic N) is 2. The number of rotatable bonds is 7. The van der Waals surface area contributed by atoms with Gasteiger partial charge in [-0.25, -0.2) is 18.1 Å². The van der Waals surface area contributed by atoms with E-state index in [2.05, 4.69) is 9.71 Å². The lowest BCUT2D eigenvalue weighted by molar-refractivity contribution is -0.141. The van der Waals surface area contributed by atoms with Crippen LogP contribution in [0.5, 0.6) is 0 Å². The van der Waals surface area contributed by atoms with Gasteiger partial charge in [0, 0.05) is 19.3 Å². The minimum Gasteiger partial charge on any atom is -0.481 e. The van der Waals surface area contributed by atoms with E-state index in [1.54, 1.807) is 4.57 Å². The first-order valence-electron chi connectivity index (χ1n) is 6.60. The average Bonchev–Trinajstić information content (AvgIpc) is 2.81. The van der Waals surface area contributed by atoms with Gasteiger partial charge in [0.1, 0.15) is 0 Å². The lowest BCUT2D eigenvalue weighted by atomic mass is 9.67. The third kappa shape index (κ3) is 3.18. The highest BCUT2D eigenvalue weighted by atomic mass is 32.2. The van der Waals surface area contributed by atoms with Crippen molar-refractivity contribution in [3.8, 4) is 0 Å². The number of aromatic nitrogens is 2. The molecular weight excluding hydrogens is 282 g/mol. The van der Waals surface area contributed by atoms with E-state index in [0.717, 1.165) is 19.3 Å². The van der Waals surface area contributed by atoms with Crippen LogP contribution in [0.3, 0.4) is 0 Å². The maximum Gasteiger partial charge on any atom is 0.303 e. The smallest absolute Gasteiger partial charge is 0.303 e. The number of imidazole rings is 1. The van der Waals surface area contributed by atoms with E-state index in [1.807, 2.05) is 6.92 Å². The second-order valence-corrected chi connectivity index (χ2v) is 7.00. The Hall–Kier alpha value is -1.41. The van der Waals surface area contributed by atoms with Crippen LogP contribution in [0.2, 0.25) is 0 Å². The molecule has 0 saturated heterocycles. The maximum atomic E-state index is 12.1. The van der Waals surface area contributed by atoms with Crippen molar-refractivity contribution in [1.82, 2.24) is 14.3 Å². The van der Waals surface area contributed by atoms with Crippen LogP contribution >= 0.6 is 0 Å². The zero-order valence-electron chi connectivity index (χ0n) is 11.4. The molecule has 7 nitrogen and oxygen atoms in total. The second kappa shape index (κ2) is 5.53. The summed E-state index contributed by atoms with van der Waals surface area (Å²) in [5.74, 6) is -0.890. The SMILES string of the molecule is CCn1cnc(S(=O)(=O)NCC2(CC(=O)O)CCC2)c1. The molecule has 1 heterocycles. The first kappa shape index (κ1) is 15.0. The van der Waals surface area contributed by atoms with Gasteiger partial charge in [-0.3, -0.25) is 4.79 Å². The van der Waals surface area contributed by atoms with E-state index in [0.29, 0.717) is 6.54 Å². The van der Waals surface area contributed by atoms with Crippen molar-refractivity contribution in [2.75, 3.05) is 6.54 Å². The van der Waals surface area contributed by atoms with Crippen molar-refractivity contribution in [3.05, 3.63) is 12.5 Å². The summed E-state index contributed by atoms with van der Waals surface area (Å²) in [5.41, 5.74) is -0.438. The fourth-order valence-electron chi connectivity index (χ4n) is 2.39. The molecule has 2 N–H and O–H groups in total. The zero-order chi connectivity index (χ0) is 14.8. The predicted molar refractivity (Wildman–Crippen MR) is 71.6 cm³/mol. The molecule has 112 valence electrons. The molecule has 0 radical (unpaired) electrons. The van der Waals surface area contributed by atoms with E-state index in [1.165, 1.54) is 12.5 Å². The van der Waals surface area contributed by atoms with E-state index >= 15 is 0 Å². The zero-order valence-corrected chi connectivity index (χ0v) is 12.2. The highest BCUT2D eigenvalue weighted by Gasteiger charge is 2.40. The summed E-state index contributed by atoms with van der Waals surface area (Å²) >= 11 is 0. The van der Waals surface area contributed by atoms with Crippen LogP contribution in [-0.2, 0) is 21.4 Å². The second-order valence-electron chi connectivity index (χ2n) is 5.29. The van der Waals surface area contributed by atoms with Gasteiger partial charge in [0.15, 0.2) is 5.03 Å². The molecule has 1 aromatic rings. The van der Waals surface area contributed by atoms with Crippen LogP contribution in [0.4, 0.5) is 0 Å². The molecule has 0 bridgehead atoms. The number of aliphatic carboxylic acids is 1. The lowest BCUT2D eigenvalue weighted by Gasteiger charge is -2.40. The topological polar surface area (TPSA) is 101 Å². The fraction of sp³-hybridized carbons (Fsp3) is 0.667. The molecule has 1 aliphatic rings.